The Morgan fingerprint density at radius 1 is 0.805 bits per heavy atom. The van der Waals surface area contributed by atoms with Gasteiger partial charge in [0.1, 0.15) is 30.0 Å². The molecule has 0 amide bonds. The van der Waals surface area contributed by atoms with Crippen LogP contribution >= 0.6 is 0 Å². The van der Waals surface area contributed by atoms with Gasteiger partial charge >= 0.3 is 23.9 Å². The van der Waals surface area contributed by atoms with Gasteiger partial charge < -0.3 is 33.5 Å². The van der Waals surface area contributed by atoms with E-state index in [1.807, 2.05) is 0 Å². The van der Waals surface area contributed by atoms with Gasteiger partial charge in [-0.25, -0.2) is 4.39 Å². The number of ether oxygens (including phenoxy) is 6. The third kappa shape index (κ3) is 8.73. The number of halogens is 1. The third-order valence-electron chi connectivity index (χ3n) is 5.75. The van der Waals surface area contributed by atoms with Gasteiger partial charge in [0.25, 0.3) is 0 Å². The quantitative estimate of drug-likeness (QED) is 0.250. The molecule has 1 fully saturated rings. The average molecular weight is 577 g/mol. The molecule has 13 heteroatoms. The highest BCUT2D eigenvalue weighted by Crippen LogP contribution is 2.33. The molecule has 220 valence electrons. The van der Waals surface area contributed by atoms with Crippen LogP contribution in [0.2, 0.25) is 0 Å². The first-order valence-electron chi connectivity index (χ1n) is 12.4. The van der Waals surface area contributed by atoms with Crippen LogP contribution in [0.25, 0.3) is 0 Å². The predicted molar refractivity (Wildman–Crippen MR) is 135 cm³/mol. The summed E-state index contributed by atoms with van der Waals surface area (Å²) in [5.74, 6) is -4.46. The van der Waals surface area contributed by atoms with Crippen molar-refractivity contribution >= 4 is 29.7 Å². The van der Waals surface area contributed by atoms with Crippen LogP contribution in [-0.4, -0.2) is 72.1 Å². The van der Waals surface area contributed by atoms with Gasteiger partial charge in [0, 0.05) is 40.2 Å². The van der Waals surface area contributed by atoms with E-state index in [9.17, 15) is 33.5 Å². The number of carbonyl (C=O) groups excluding carboxylic acids is 5. The molecular formula is C28H29FO12. The van der Waals surface area contributed by atoms with Crippen molar-refractivity contribution < 1.29 is 61.9 Å². The van der Waals surface area contributed by atoms with E-state index in [0.29, 0.717) is 5.56 Å². The number of rotatable bonds is 10. The number of benzene rings is 2. The fourth-order valence-corrected chi connectivity index (χ4v) is 4.12. The molecule has 3 rings (SSSR count). The van der Waals surface area contributed by atoms with Crippen LogP contribution in [0.15, 0.2) is 42.5 Å². The second-order valence-corrected chi connectivity index (χ2v) is 9.09. The highest BCUT2D eigenvalue weighted by molar-refractivity contribution is 6.00. The molecule has 1 N–H and O–H groups in total. The number of Topliss-reactive ketones (excluding diaryl/α,β-unsaturated/α-hetero) is 1. The smallest absolute Gasteiger partial charge is 0.303 e. The summed E-state index contributed by atoms with van der Waals surface area (Å²) in [7, 11) is 0. The lowest BCUT2D eigenvalue weighted by molar-refractivity contribution is -0.288. The van der Waals surface area contributed by atoms with Crippen LogP contribution in [0, 0.1) is 5.82 Å². The number of carbonyl (C=O) groups is 5. The maximum absolute atomic E-state index is 13.2. The number of aromatic hydroxyl groups is 1. The summed E-state index contributed by atoms with van der Waals surface area (Å²) in [6.07, 6.45) is -7.13. The molecule has 2 aromatic rings. The number of esters is 4. The first kappa shape index (κ1) is 31.0. The zero-order valence-corrected chi connectivity index (χ0v) is 22.7. The first-order valence-corrected chi connectivity index (χ1v) is 12.4. The van der Waals surface area contributed by atoms with Crippen LogP contribution in [0.4, 0.5) is 4.39 Å². The van der Waals surface area contributed by atoms with Gasteiger partial charge in [-0.15, -0.1) is 0 Å². The summed E-state index contributed by atoms with van der Waals surface area (Å²) in [6, 6.07) is 9.08. The molecule has 1 aliphatic rings. The Morgan fingerprint density at radius 2 is 1.39 bits per heavy atom. The number of ketones is 1. The molecule has 41 heavy (non-hydrogen) atoms. The van der Waals surface area contributed by atoms with Crippen molar-refractivity contribution in [3.63, 3.8) is 0 Å². The SMILES string of the molecule is CC(=O)OCC1O[C@H](Oc2ccc(C(=O)Cc3ccc(F)cc3)c(O)c2)C(OC(C)=O)C(OC(C)=O)[C@@H]1OC(C)=O. The highest BCUT2D eigenvalue weighted by atomic mass is 19.1. The number of phenols is 1. The molecule has 0 bridgehead atoms. The van der Waals surface area contributed by atoms with Crippen molar-refractivity contribution in [2.24, 2.45) is 0 Å². The van der Waals surface area contributed by atoms with Gasteiger partial charge in [0.05, 0.1) is 5.56 Å². The van der Waals surface area contributed by atoms with Crippen molar-refractivity contribution in [2.75, 3.05) is 6.61 Å². The number of hydrogen-bond acceptors (Lipinski definition) is 12. The minimum absolute atomic E-state index is 0.0387. The molecule has 3 unspecified atom stereocenters. The Morgan fingerprint density at radius 3 is 1.95 bits per heavy atom. The van der Waals surface area contributed by atoms with Gasteiger partial charge in [0.15, 0.2) is 18.0 Å². The van der Waals surface area contributed by atoms with E-state index >= 15 is 0 Å². The molecule has 0 radical (unpaired) electrons. The van der Waals surface area contributed by atoms with E-state index in [0.717, 1.165) is 33.8 Å². The summed E-state index contributed by atoms with van der Waals surface area (Å²) < 4.78 is 45.9. The first-order chi connectivity index (χ1) is 19.3. The molecule has 12 nitrogen and oxygen atoms in total. The Labute approximate surface area is 234 Å². The van der Waals surface area contributed by atoms with E-state index in [1.54, 1.807) is 0 Å². The van der Waals surface area contributed by atoms with Gasteiger partial charge in [-0.1, -0.05) is 12.1 Å². The molecule has 0 aromatic heterocycles. The van der Waals surface area contributed by atoms with Gasteiger partial charge in [-0.2, -0.15) is 0 Å². The summed E-state index contributed by atoms with van der Waals surface area (Å²) in [5, 5.41) is 10.6. The summed E-state index contributed by atoms with van der Waals surface area (Å²) in [4.78, 5) is 60.0. The van der Waals surface area contributed by atoms with Crippen LogP contribution in [0.1, 0.15) is 43.6 Å². The van der Waals surface area contributed by atoms with E-state index in [1.165, 1.54) is 36.4 Å². The Hall–Kier alpha value is -4.52. The third-order valence-corrected chi connectivity index (χ3v) is 5.75. The highest BCUT2D eigenvalue weighted by Gasteiger charge is 2.53. The molecular weight excluding hydrogens is 547 g/mol. The van der Waals surface area contributed by atoms with Crippen LogP contribution in [0.3, 0.4) is 0 Å². The van der Waals surface area contributed by atoms with Crippen molar-refractivity contribution in [3.8, 4) is 11.5 Å². The maximum Gasteiger partial charge on any atom is 0.303 e. The van der Waals surface area contributed by atoms with Crippen LogP contribution in [0.5, 0.6) is 11.5 Å². The summed E-state index contributed by atoms with van der Waals surface area (Å²) >= 11 is 0. The fourth-order valence-electron chi connectivity index (χ4n) is 4.12. The van der Waals surface area contributed by atoms with Crippen molar-refractivity contribution in [1.82, 2.24) is 0 Å². The van der Waals surface area contributed by atoms with E-state index in [-0.39, 0.29) is 17.7 Å². The van der Waals surface area contributed by atoms with Gasteiger partial charge in [0.2, 0.25) is 12.4 Å². The molecule has 1 heterocycles. The fraction of sp³-hybridized carbons (Fsp3) is 0.393. The van der Waals surface area contributed by atoms with Gasteiger partial charge in [-0.3, -0.25) is 24.0 Å². The Balaban J connectivity index is 1.90. The van der Waals surface area contributed by atoms with Crippen molar-refractivity contribution in [1.29, 1.82) is 0 Å². The van der Waals surface area contributed by atoms with E-state index < -0.39 is 78.5 Å². The molecule has 0 spiro atoms. The van der Waals surface area contributed by atoms with Crippen molar-refractivity contribution in [3.05, 3.63) is 59.4 Å². The second-order valence-electron chi connectivity index (χ2n) is 9.09. The monoisotopic (exact) mass is 576 g/mol. The van der Waals surface area contributed by atoms with E-state index in [2.05, 4.69) is 0 Å². The largest absolute Gasteiger partial charge is 0.507 e. The minimum Gasteiger partial charge on any atom is -0.507 e. The lowest BCUT2D eigenvalue weighted by Gasteiger charge is -2.43. The molecule has 0 saturated carbocycles. The maximum atomic E-state index is 13.2. The summed E-state index contributed by atoms with van der Waals surface area (Å²) in [6.45, 7) is 3.96. The number of hydrogen-bond donors (Lipinski definition) is 1. The zero-order chi connectivity index (χ0) is 30.3. The molecule has 1 saturated heterocycles. The average Bonchev–Trinajstić information content (AvgIpc) is 2.87. The number of phenolic OH excluding ortho intramolecular Hbond substituents is 1. The molecule has 5 atom stereocenters. The molecule has 1 aliphatic heterocycles. The normalized spacial score (nSPS) is 21.7. The topological polar surface area (TPSA) is 161 Å². The molecule has 2 aromatic carbocycles. The predicted octanol–water partition coefficient (Wildman–Crippen LogP) is 2.42. The Kier molecular flexibility index (Phi) is 10.4. The van der Waals surface area contributed by atoms with Gasteiger partial charge in [-0.05, 0) is 29.8 Å². The Bertz CT molecular complexity index is 1290. The lowest BCUT2D eigenvalue weighted by atomic mass is 9.98. The minimum atomic E-state index is -1.52. The standard InChI is InChI=1S/C28H29FO12/c1-14(30)36-13-24-25(37-15(2)31)26(38-16(3)32)27(39-17(4)33)28(41-24)40-20-9-10-21(23(35)12-20)22(34)11-18-5-7-19(29)8-6-18/h5-10,12,24-28,35H,11,13H2,1-4H3/t24?,25-,26?,27?,28+/m1/s1. The molecule has 0 aliphatic carbocycles. The van der Waals surface area contributed by atoms with Crippen LogP contribution < -0.4 is 4.74 Å². The van der Waals surface area contributed by atoms with Crippen LogP contribution in [-0.2, 0) is 49.3 Å². The summed E-state index contributed by atoms with van der Waals surface area (Å²) in [5.41, 5.74) is 0.497. The van der Waals surface area contributed by atoms with E-state index in [4.69, 9.17) is 28.4 Å². The lowest BCUT2D eigenvalue weighted by Crippen LogP contribution is -2.63. The second kappa shape index (κ2) is 13.7. The zero-order valence-electron chi connectivity index (χ0n) is 22.7. The van der Waals surface area contributed by atoms with Crippen molar-refractivity contribution in [2.45, 2.75) is 64.8 Å².